The van der Waals surface area contributed by atoms with Crippen LogP contribution in [0.5, 0.6) is 0 Å². The van der Waals surface area contributed by atoms with Gasteiger partial charge in [0.05, 0.1) is 12.6 Å². The summed E-state index contributed by atoms with van der Waals surface area (Å²) in [5.41, 5.74) is 0.885. The zero-order valence-corrected chi connectivity index (χ0v) is 8.83. The Morgan fingerprint density at radius 1 is 1.47 bits per heavy atom. The lowest BCUT2D eigenvalue weighted by Gasteiger charge is -1.92. The maximum Gasteiger partial charge on any atom is 0.206 e. The molecular formula is C9H13N6+. The average molecular weight is 205 g/mol. The molecule has 0 aliphatic carbocycles. The highest BCUT2D eigenvalue weighted by Gasteiger charge is 2.07. The molecule has 0 N–H and O–H groups in total. The van der Waals surface area contributed by atoms with E-state index in [0.29, 0.717) is 5.82 Å². The summed E-state index contributed by atoms with van der Waals surface area (Å²) in [6.45, 7) is 3.04. The summed E-state index contributed by atoms with van der Waals surface area (Å²) in [5.74, 6) is 0.605. The number of nitrogens with zero attached hydrogens (tertiary/aromatic N) is 6. The van der Waals surface area contributed by atoms with Crippen molar-refractivity contribution in [2.24, 2.45) is 7.05 Å². The van der Waals surface area contributed by atoms with Gasteiger partial charge in [0.1, 0.15) is 6.20 Å². The van der Waals surface area contributed by atoms with Crippen LogP contribution in [-0.2, 0) is 13.6 Å². The zero-order chi connectivity index (χ0) is 10.7. The minimum absolute atomic E-state index is 0.605. The summed E-state index contributed by atoms with van der Waals surface area (Å²) in [6, 6.07) is 1.94. The number of hydrogen-bond donors (Lipinski definition) is 0. The molecule has 0 saturated carbocycles. The molecule has 0 aromatic carbocycles. The molecule has 0 aliphatic heterocycles. The predicted octanol–water partition coefficient (Wildman–Crippen LogP) is -0.0304. The smallest absolute Gasteiger partial charge is 0.167 e. The fraction of sp³-hybridized carbons (Fsp3) is 0.444. The van der Waals surface area contributed by atoms with E-state index in [1.165, 1.54) is 4.80 Å². The molecule has 78 valence electrons. The molecule has 2 aromatic rings. The van der Waals surface area contributed by atoms with Gasteiger partial charge in [0.25, 0.3) is 0 Å². The summed E-state index contributed by atoms with van der Waals surface area (Å²) < 4.78 is 1.89. The normalized spacial score (nSPS) is 10.5. The van der Waals surface area contributed by atoms with Crippen molar-refractivity contribution < 1.29 is 4.68 Å². The van der Waals surface area contributed by atoms with Gasteiger partial charge in [0.15, 0.2) is 12.7 Å². The first-order chi connectivity index (χ1) is 7.29. The molecule has 0 spiro atoms. The molecule has 0 amide bonds. The number of rotatable bonds is 3. The van der Waals surface area contributed by atoms with E-state index in [2.05, 4.69) is 27.4 Å². The van der Waals surface area contributed by atoms with Crippen molar-refractivity contribution in [1.29, 1.82) is 0 Å². The first kappa shape index (κ1) is 9.70. The molecule has 0 unspecified atom stereocenters. The Morgan fingerprint density at radius 3 is 2.87 bits per heavy atom. The highest BCUT2D eigenvalue weighted by Crippen LogP contribution is 2.08. The van der Waals surface area contributed by atoms with Crippen LogP contribution in [0.4, 0.5) is 0 Å². The second-order valence-corrected chi connectivity index (χ2v) is 3.28. The van der Waals surface area contributed by atoms with Crippen LogP contribution >= 0.6 is 0 Å². The number of aryl methyl sites for hydroxylation is 2. The van der Waals surface area contributed by atoms with Gasteiger partial charge in [-0.2, -0.15) is 4.80 Å². The molecule has 0 saturated heterocycles. The standard InChI is InChI=1S/C9H13N6/c1-3-5-15-6-4-8(7-10-15)9-11-13-14(2)12-9/h4,6-7H,3,5H2,1-2H3/q+1. The van der Waals surface area contributed by atoms with Gasteiger partial charge in [-0.1, -0.05) is 11.6 Å². The highest BCUT2D eigenvalue weighted by atomic mass is 15.6. The van der Waals surface area contributed by atoms with Gasteiger partial charge >= 0.3 is 0 Å². The van der Waals surface area contributed by atoms with Gasteiger partial charge in [-0.15, -0.1) is 10.2 Å². The number of aromatic nitrogens is 6. The quantitative estimate of drug-likeness (QED) is 0.660. The van der Waals surface area contributed by atoms with Gasteiger partial charge in [-0.25, -0.2) is 0 Å². The molecule has 0 atom stereocenters. The van der Waals surface area contributed by atoms with Gasteiger partial charge in [-0.05, 0) is 10.3 Å². The second kappa shape index (κ2) is 4.12. The predicted molar refractivity (Wildman–Crippen MR) is 52.5 cm³/mol. The molecule has 0 radical (unpaired) electrons. The van der Waals surface area contributed by atoms with Gasteiger partial charge in [0, 0.05) is 12.5 Å². The van der Waals surface area contributed by atoms with Gasteiger partial charge in [0.2, 0.25) is 5.82 Å². The van der Waals surface area contributed by atoms with E-state index in [9.17, 15) is 0 Å². The molecule has 2 heterocycles. The summed E-state index contributed by atoms with van der Waals surface area (Å²) in [7, 11) is 1.74. The Balaban J connectivity index is 2.23. The van der Waals surface area contributed by atoms with Crippen molar-refractivity contribution in [2.75, 3.05) is 0 Å². The lowest BCUT2D eigenvalue weighted by atomic mass is 10.3. The first-order valence-electron chi connectivity index (χ1n) is 4.89. The second-order valence-electron chi connectivity index (χ2n) is 3.28. The Morgan fingerprint density at radius 2 is 2.33 bits per heavy atom. The zero-order valence-electron chi connectivity index (χ0n) is 8.83. The van der Waals surface area contributed by atoms with Crippen LogP contribution in [0.15, 0.2) is 18.5 Å². The molecule has 2 rings (SSSR count). The van der Waals surface area contributed by atoms with Crippen molar-refractivity contribution >= 4 is 0 Å². The molecule has 2 aromatic heterocycles. The Bertz CT molecular complexity index is 432. The average Bonchev–Trinajstić information content (AvgIpc) is 2.67. The molecule has 6 heteroatoms. The van der Waals surface area contributed by atoms with Gasteiger partial charge < -0.3 is 0 Å². The van der Waals surface area contributed by atoms with E-state index in [1.807, 2.05) is 16.9 Å². The van der Waals surface area contributed by atoms with Gasteiger partial charge in [-0.3, -0.25) is 0 Å². The van der Waals surface area contributed by atoms with Crippen LogP contribution in [-0.4, -0.2) is 25.3 Å². The molecule has 0 bridgehead atoms. The van der Waals surface area contributed by atoms with Crippen molar-refractivity contribution in [1.82, 2.24) is 25.3 Å². The van der Waals surface area contributed by atoms with E-state index in [1.54, 1.807) is 13.2 Å². The third-order valence-corrected chi connectivity index (χ3v) is 1.99. The van der Waals surface area contributed by atoms with E-state index in [0.717, 1.165) is 18.5 Å². The molecular weight excluding hydrogens is 192 g/mol. The van der Waals surface area contributed by atoms with Crippen LogP contribution in [0, 0.1) is 0 Å². The van der Waals surface area contributed by atoms with E-state index >= 15 is 0 Å². The largest absolute Gasteiger partial charge is 0.206 e. The minimum atomic E-state index is 0.605. The van der Waals surface area contributed by atoms with Crippen molar-refractivity contribution in [3.05, 3.63) is 18.5 Å². The van der Waals surface area contributed by atoms with E-state index in [4.69, 9.17) is 0 Å². The monoisotopic (exact) mass is 205 g/mol. The lowest BCUT2D eigenvalue weighted by molar-refractivity contribution is -0.753. The highest BCUT2D eigenvalue weighted by molar-refractivity contribution is 5.50. The fourth-order valence-corrected chi connectivity index (χ4v) is 1.28. The van der Waals surface area contributed by atoms with Crippen LogP contribution in [0.25, 0.3) is 11.4 Å². The summed E-state index contributed by atoms with van der Waals surface area (Å²) >= 11 is 0. The van der Waals surface area contributed by atoms with Crippen LogP contribution in [0.2, 0.25) is 0 Å². The topological polar surface area (TPSA) is 60.4 Å². The maximum atomic E-state index is 4.25. The Labute approximate surface area is 87.5 Å². The fourth-order valence-electron chi connectivity index (χ4n) is 1.28. The van der Waals surface area contributed by atoms with E-state index in [-0.39, 0.29) is 0 Å². The molecule has 0 fully saturated rings. The van der Waals surface area contributed by atoms with Crippen molar-refractivity contribution in [3.63, 3.8) is 0 Å². The Kier molecular flexibility index (Phi) is 2.66. The maximum absolute atomic E-state index is 4.25. The minimum Gasteiger partial charge on any atom is -0.167 e. The third kappa shape index (κ3) is 2.15. The third-order valence-electron chi connectivity index (χ3n) is 1.99. The van der Waals surface area contributed by atoms with Crippen molar-refractivity contribution in [3.8, 4) is 11.4 Å². The molecule has 0 aliphatic rings. The summed E-state index contributed by atoms with van der Waals surface area (Å²) in [5, 5.41) is 16.0. The lowest BCUT2D eigenvalue weighted by Crippen LogP contribution is -2.36. The summed E-state index contributed by atoms with van der Waals surface area (Å²) in [6.07, 6.45) is 4.75. The van der Waals surface area contributed by atoms with Crippen LogP contribution < -0.4 is 4.68 Å². The van der Waals surface area contributed by atoms with Crippen molar-refractivity contribution in [2.45, 2.75) is 19.9 Å². The van der Waals surface area contributed by atoms with E-state index < -0.39 is 0 Å². The first-order valence-corrected chi connectivity index (χ1v) is 4.89. The molecule has 6 nitrogen and oxygen atoms in total. The number of hydrogen-bond acceptors (Lipinski definition) is 4. The molecule has 15 heavy (non-hydrogen) atoms. The van der Waals surface area contributed by atoms with Crippen LogP contribution in [0.1, 0.15) is 13.3 Å². The van der Waals surface area contributed by atoms with Crippen LogP contribution in [0.3, 0.4) is 0 Å². The Hall–Kier alpha value is -1.85. The summed E-state index contributed by atoms with van der Waals surface area (Å²) in [4.78, 5) is 1.43. The number of tetrazole rings is 1. The SMILES string of the molecule is CCC[n+]1ccc(-c2nnn(C)n2)cn1.